The summed E-state index contributed by atoms with van der Waals surface area (Å²) in [5, 5.41) is 15.1. The number of rotatable bonds is 20. The SMILES string of the molecule is CCCCCCCCCCCCCCCC(=O)Nc1ccccc1Sc1nc(Nc2cc(C)[nH]n2)c2cccc(OC)c2n1. The molecule has 2 heterocycles. The fourth-order valence-electron chi connectivity index (χ4n) is 5.29. The van der Waals surface area contributed by atoms with Gasteiger partial charge in [-0.3, -0.25) is 9.89 Å². The van der Waals surface area contributed by atoms with Crippen LogP contribution in [0.3, 0.4) is 0 Å². The molecular weight excluding hydrogens is 568 g/mol. The predicted octanol–water partition coefficient (Wildman–Crippen LogP) is 9.98. The molecule has 236 valence electrons. The number of anilines is 3. The zero-order valence-electron chi connectivity index (χ0n) is 26.6. The van der Waals surface area contributed by atoms with Crippen LogP contribution in [0.4, 0.5) is 17.3 Å². The average Bonchev–Trinajstić information content (AvgIpc) is 3.44. The van der Waals surface area contributed by atoms with Crippen LogP contribution in [0.25, 0.3) is 10.9 Å². The molecule has 44 heavy (non-hydrogen) atoms. The third-order valence-corrected chi connectivity index (χ3v) is 8.65. The van der Waals surface area contributed by atoms with Gasteiger partial charge >= 0.3 is 0 Å². The molecule has 0 fully saturated rings. The maximum absolute atomic E-state index is 12.8. The Kier molecular flexibility index (Phi) is 13.8. The van der Waals surface area contributed by atoms with Crippen molar-refractivity contribution in [2.24, 2.45) is 0 Å². The molecule has 0 saturated heterocycles. The summed E-state index contributed by atoms with van der Waals surface area (Å²) in [5.41, 5.74) is 2.41. The van der Waals surface area contributed by atoms with E-state index in [1.54, 1.807) is 7.11 Å². The third-order valence-electron chi connectivity index (χ3n) is 7.71. The number of hydrogen-bond donors (Lipinski definition) is 3. The smallest absolute Gasteiger partial charge is 0.224 e. The number of hydrogen-bond acceptors (Lipinski definition) is 7. The van der Waals surface area contributed by atoms with E-state index in [0.717, 1.165) is 34.5 Å². The summed E-state index contributed by atoms with van der Waals surface area (Å²) < 4.78 is 5.61. The summed E-state index contributed by atoms with van der Waals surface area (Å²) in [6.45, 7) is 4.22. The third kappa shape index (κ3) is 10.5. The highest BCUT2D eigenvalue weighted by Gasteiger charge is 2.16. The fraction of sp³-hybridized carbons (Fsp3) is 0.486. The first kappa shape index (κ1) is 33.3. The van der Waals surface area contributed by atoms with E-state index >= 15 is 0 Å². The lowest BCUT2D eigenvalue weighted by Crippen LogP contribution is -2.11. The van der Waals surface area contributed by atoms with Gasteiger partial charge in [0.25, 0.3) is 0 Å². The first-order valence-electron chi connectivity index (χ1n) is 16.3. The van der Waals surface area contributed by atoms with Crippen LogP contribution in [0.5, 0.6) is 5.75 Å². The number of carbonyl (C=O) groups is 1. The van der Waals surface area contributed by atoms with Crippen molar-refractivity contribution in [3.05, 3.63) is 54.2 Å². The molecule has 0 aliphatic rings. The number of benzene rings is 2. The molecule has 4 aromatic rings. The maximum Gasteiger partial charge on any atom is 0.224 e. The topological polar surface area (TPSA) is 105 Å². The molecule has 2 aromatic heterocycles. The average molecular weight is 617 g/mol. The van der Waals surface area contributed by atoms with Crippen molar-refractivity contribution in [2.45, 2.75) is 114 Å². The Labute approximate surface area is 266 Å². The van der Waals surface area contributed by atoms with Crippen LogP contribution in [-0.4, -0.2) is 33.2 Å². The number of aromatic amines is 1. The van der Waals surface area contributed by atoms with Gasteiger partial charge in [0.05, 0.1) is 12.8 Å². The summed E-state index contributed by atoms with van der Waals surface area (Å²) in [6, 6.07) is 15.5. The lowest BCUT2D eigenvalue weighted by atomic mass is 10.0. The second-order valence-electron chi connectivity index (χ2n) is 11.4. The minimum atomic E-state index is 0.0403. The van der Waals surface area contributed by atoms with E-state index in [1.165, 1.54) is 82.4 Å². The zero-order valence-corrected chi connectivity index (χ0v) is 27.4. The molecule has 3 N–H and O–H groups in total. The number of carbonyl (C=O) groups excluding carboxylic acids is 1. The van der Waals surface area contributed by atoms with E-state index in [-0.39, 0.29) is 5.91 Å². The molecule has 0 unspecified atom stereocenters. The standard InChI is InChI=1S/C35H48N6O2S/c1-4-5-6-7-8-9-10-11-12-13-14-15-16-24-32(42)36-28-21-17-18-23-30(28)44-35-38-33-27(20-19-22-29(33)43-3)34(39-35)37-31-25-26(2)40-41-31/h17-23,25H,4-16,24H2,1-3H3,(H,36,42)(H2,37,38,39,40,41). The van der Waals surface area contributed by atoms with E-state index < -0.39 is 0 Å². The Bertz CT molecular complexity index is 1460. The second-order valence-corrected chi connectivity index (χ2v) is 12.4. The van der Waals surface area contributed by atoms with Crippen molar-refractivity contribution in [3.63, 3.8) is 0 Å². The number of ether oxygens (including phenoxy) is 1. The zero-order chi connectivity index (χ0) is 31.0. The van der Waals surface area contributed by atoms with Crippen molar-refractivity contribution in [3.8, 4) is 5.75 Å². The van der Waals surface area contributed by atoms with Gasteiger partial charge in [-0.1, -0.05) is 102 Å². The lowest BCUT2D eigenvalue weighted by molar-refractivity contribution is -0.116. The molecule has 1 amide bonds. The van der Waals surface area contributed by atoms with Gasteiger partial charge in [-0.15, -0.1) is 0 Å². The highest BCUT2D eigenvalue weighted by atomic mass is 32.2. The number of nitrogens with one attached hydrogen (secondary N) is 3. The molecule has 4 rings (SSSR count). The molecule has 0 saturated carbocycles. The molecule has 0 radical (unpaired) electrons. The summed E-state index contributed by atoms with van der Waals surface area (Å²) >= 11 is 1.41. The predicted molar refractivity (Wildman–Crippen MR) is 182 cm³/mol. The lowest BCUT2D eigenvalue weighted by Gasteiger charge is -2.13. The Hall–Kier alpha value is -3.59. The van der Waals surface area contributed by atoms with Crippen LogP contribution in [0.15, 0.2) is 58.6 Å². The quantitative estimate of drug-likeness (QED) is 0.0670. The molecule has 0 bridgehead atoms. The minimum Gasteiger partial charge on any atom is -0.494 e. The van der Waals surface area contributed by atoms with Crippen molar-refractivity contribution >= 4 is 45.9 Å². The Balaban J connectivity index is 1.28. The minimum absolute atomic E-state index is 0.0403. The normalized spacial score (nSPS) is 11.2. The van der Waals surface area contributed by atoms with Crippen LogP contribution in [0.2, 0.25) is 0 Å². The number of para-hydroxylation sites is 2. The number of aromatic nitrogens is 4. The molecule has 0 aliphatic carbocycles. The summed E-state index contributed by atoms with van der Waals surface area (Å²) in [5.74, 6) is 2.00. The number of H-pyrrole nitrogens is 1. The van der Waals surface area contributed by atoms with Crippen molar-refractivity contribution in [1.82, 2.24) is 20.2 Å². The molecule has 2 aromatic carbocycles. The van der Waals surface area contributed by atoms with Crippen LogP contribution in [0.1, 0.15) is 103 Å². The van der Waals surface area contributed by atoms with Crippen LogP contribution >= 0.6 is 11.8 Å². The van der Waals surface area contributed by atoms with E-state index in [0.29, 0.717) is 34.5 Å². The van der Waals surface area contributed by atoms with E-state index in [2.05, 4.69) is 27.8 Å². The van der Waals surface area contributed by atoms with Gasteiger partial charge in [-0.05, 0) is 49.4 Å². The molecule has 0 aliphatic heterocycles. The Morgan fingerprint density at radius 3 is 2.20 bits per heavy atom. The number of aryl methyl sites for hydroxylation is 1. The van der Waals surface area contributed by atoms with Gasteiger partial charge < -0.3 is 15.4 Å². The summed E-state index contributed by atoms with van der Waals surface area (Å²) in [7, 11) is 1.63. The van der Waals surface area contributed by atoms with Gasteiger partial charge in [0.15, 0.2) is 11.0 Å². The van der Waals surface area contributed by atoms with E-state index in [9.17, 15) is 4.79 Å². The van der Waals surface area contributed by atoms with Crippen molar-refractivity contribution in [2.75, 3.05) is 17.7 Å². The van der Waals surface area contributed by atoms with Crippen molar-refractivity contribution in [1.29, 1.82) is 0 Å². The Morgan fingerprint density at radius 2 is 1.55 bits per heavy atom. The van der Waals surface area contributed by atoms with Crippen LogP contribution in [0, 0.1) is 6.92 Å². The monoisotopic (exact) mass is 616 g/mol. The summed E-state index contributed by atoms with van der Waals surface area (Å²) in [6.07, 6.45) is 17.3. The fourth-order valence-corrected chi connectivity index (χ4v) is 6.13. The molecular formula is C35H48N6O2S. The van der Waals surface area contributed by atoms with Crippen molar-refractivity contribution < 1.29 is 9.53 Å². The largest absolute Gasteiger partial charge is 0.494 e. The number of amides is 1. The van der Waals surface area contributed by atoms with Gasteiger partial charge in [0, 0.05) is 28.5 Å². The number of fused-ring (bicyclic) bond motifs is 1. The maximum atomic E-state index is 12.8. The van der Waals surface area contributed by atoms with E-state index in [1.807, 2.05) is 55.5 Å². The number of nitrogens with zero attached hydrogens (tertiary/aromatic N) is 3. The first-order chi connectivity index (χ1) is 21.6. The van der Waals surface area contributed by atoms with Gasteiger partial charge in [0.1, 0.15) is 17.1 Å². The van der Waals surface area contributed by atoms with Gasteiger partial charge in [-0.25, -0.2) is 9.97 Å². The van der Waals surface area contributed by atoms with Crippen LogP contribution in [-0.2, 0) is 4.79 Å². The highest BCUT2D eigenvalue weighted by Crippen LogP contribution is 2.36. The highest BCUT2D eigenvalue weighted by molar-refractivity contribution is 7.99. The first-order valence-corrected chi connectivity index (χ1v) is 17.1. The van der Waals surface area contributed by atoms with E-state index in [4.69, 9.17) is 14.7 Å². The Morgan fingerprint density at radius 1 is 0.864 bits per heavy atom. The summed E-state index contributed by atoms with van der Waals surface area (Å²) in [4.78, 5) is 23.4. The van der Waals surface area contributed by atoms with Gasteiger partial charge in [0.2, 0.25) is 5.91 Å². The number of methoxy groups -OCH3 is 1. The number of unbranched alkanes of at least 4 members (excludes halogenated alkanes) is 12. The molecule has 0 atom stereocenters. The van der Waals surface area contributed by atoms with Gasteiger partial charge in [-0.2, -0.15) is 5.10 Å². The molecule has 8 nitrogen and oxygen atoms in total. The molecule has 0 spiro atoms. The molecule has 9 heteroatoms. The van der Waals surface area contributed by atoms with Crippen LogP contribution < -0.4 is 15.4 Å². The second kappa shape index (κ2) is 18.3.